The molecule has 0 saturated heterocycles. The number of hydrogen-bond acceptors (Lipinski definition) is 5. The number of rotatable bonds is 9. The SMILES string of the molecule is CCCCC(C=COS(=O)(=O)C(F)(F)F)COc1ccccn1. The Bertz CT molecular complexity index is 588. The van der Waals surface area contributed by atoms with Crippen LogP contribution in [0.3, 0.4) is 0 Å². The minimum Gasteiger partial charge on any atom is -0.477 e. The molecule has 1 heterocycles. The van der Waals surface area contributed by atoms with E-state index < -0.39 is 15.6 Å². The van der Waals surface area contributed by atoms with Crippen molar-refractivity contribution in [3.63, 3.8) is 0 Å². The van der Waals surface area contributed by atoms with Crippen molar-refractivity contribution in [3.8, 4) is 5.88 Å². The first-order valence-electron chi connectivity index (χ1n) is 6.96. The molecule has 9 heteroatoms. The average molecular weight is 353 g/mol. The van der Waals surface area contributed by atoms with E-state index in [1.807, 2.05) is 6.92 Å². The number of nitrogens with zero attached hydrogens (tertiary/aromatic N) is 1. The van der Waals surface area contributed by atoms with Gasteiger partial charge in [-0.25, -0.2) is 4.98 Å². The molecule has 0 saturated carbocycles. The summed E-state index contributed by atoms with van der Waals surface area (Å²) in [5.41, 5.74) is -5.44. The van der Waals surface area contributed by atoms with Crippen LogP contribution >= 0.6 is 0 Å². The maximum absolute atomic E-state index is 12.2. The molecule has 1 aromatic rings. The lowest BCUT2D eigenvalue weighted by atomic mass is 10.0. The fourth-order valence-corrected chi connectivity index (χ4v) is 1.92. The summed E-state index contributed by atoms with van der Waals surface area (Å²) >= 11 is 0. The van der Waals surface area contributed by atoms with Crippen LogP contribution in [0.5, 0.6) is 5.88 Å². The van der Waals surface area contributed by atoms with Gasteiger partial charge in [0, 0.05) is 18.2 Å². The zero-order valence-corrected chi connectivity index (χ0v) is 13.3. The van der Waals surface area contributed by atoms with Crippen molar-refractivity contribution in [2.75, 3.05) is 6.61 Å². The summed E-state index contributed by atoms with van der Waals surface area (Å²) in [7, 11) is -5.62. The van der Waals surface area contributed by atoms with Gasteiger partial charge in [0.1, 0.15) is 6.26 Å². The Morgan fingerprint density at radius 1 is 1.35 bits per heavy atom. The molecule has 0 aromatic carbocycles. The quantitative estimate of drug-likeness (QED) is 0.385. The lowest BCUT2D eigenvalue weighted by molar-refractivity contribution is -0.0515. The molecule has 0 aliphatic heterocycles. The highest BCUT2D eigenvalue weighted by Crippen LogP contribution is 2.25. The maximum Gasteiger partial charge on any atom is 0.534 e. The van der Waals surface area contributed by atoms with Gasteiger partial charge >= 0.3 is 15.6 Å². The van der Waals surface area contributed by atoms with E-state index in [0.717, 1.165) is 12.8 Å². The fraction of sp³-hybridized carbons (Fsp3) is 0.500. The van der Waals surface area contributed by atoms with E-state index in [4.69, 9.17) is 4.74 Å². The van der Waals surface area contributed by atoms with Crippen molar-refractivity contribution in [3.05, 3.63) is 36.7 Å². The zero-order valence-electron chi connectivity index (χ0n) is 12.5. The van der Waals surface area contributed by atoms with E-state index in [1.54, 1.807) is 24.4 Å². The number of pyridine rings is 1. The van der Waals surface area contributed by atoms with E-state index in [1.165, 1.54) is 6.08 Å². The Labute approximate surface area is 133 Å². The van der Waals surface area contributed by atoms with E-state index in [9.17, 15) is 21.6 Å². The lowest BCUT2D eigenvalue weighted by Crippen LogP contribution is -2.23. The first kappa shape index (κ1) is 19.3. The molecule has 130 valence electrons. The van der Waals surface area contributed by atoms with Crippen LogP contribution in [0.25, 0.3) is 0 Å². The first-order valence-corrected chi connectivity index (χ1v) is 8.37. The number of alkyl halides is 3. The molecule has 0 aliphatic carbocycles. The third-order valence-corrected chi connectivity index (χ3v) is 3.76. The van der Waals surface area contributed by atoms with Crippen molar-refractivity contribution in [2.45, 2.75) is 31.7 Å². The monoisotopic (exact) mass is 353 g/mol. The molecular formula is C14H18F3NO4S. The number of halogens is 3. The van der Waals surface area contributed by atoms with Gasteiger partial charge in [0.05, 0.1) is 6.61 Å². The molecule has 0 fully saturated rings. The van der Waals surface area contributed by atoms with E-state index >= 15 is 0 Å². The van der Waals surface area contributed by atoms with E-state index in [-0.39, 0.29) is 12.5 Å². The van der Waals surface area contributed by atoms with Gasteiger partial charge in [-0.05, 0) is 18.6 Å². The van der Waals surface area contributed by atoms with E-state index in [0.29, 0.717) is 18.6 Å². The molecule has 23 heavy (non-hydrogen) atoms. The lowest BCUT2D eigenvalue weighted by Gasteiger charge is -2.13. The summed E-state index contributed by atoms with van der Waals surface area (Å²) in [6.07, 6.45) is 5.66. The third-order valence-electron chi connectivity index (χ3n) is 2.83. The van der Waals surface area contributed by atoms with Crippen LogP contribution in [-0.4, -0.2) is 25.5 Å². The summed E-state index contributed by atoms with van der Waals surface area (Å²) in [5.74, 6) is 0.0895. The van der Waals surface area contributed by atoms with Crippen molar-refractivity contribution in [1.82, 2.24) is 4.98 Å². The van der Waals surface area contributed by atoms with Crippen LogP contribution < -0.4 is 4.74 Å². The topological polar surface area (TPSA) is 65.5 Å². The second kappa shape index (κ2) is 8.76. The molecule has 5 nitrogen and oxygen atoms in total. The Kier molecular flexibility index (Phi) is 7.34. The molecule has 1 aromatic heterocycles. The van der Waals surface area contributed by atoms with Crippen LogP contribution in [0, 0.1) is 5.92 Å². The smallest absolute Gasteiger partial charge is 0.477 e. The predicted octanol–water partition coefficient (Wildman–Crippen LogP) is 3.65. The van der Waals surface area contributed by atoms with Gasteiger partial charge < -0.3 is 8.92 Å². The minimum absolute atomic E-state index is 0.156. The van der Waals surface area contributed by atoms with Crippen LogP contribution in [-0.2, 0) is 14.3 Å². The van der Waals surface area contributed by atoms with Gasteiger partial charge in [-0.3, -0.25) is 0 Å². The molecule has 1 atom stereocenters. The van der Waals surface area contributed by atoms with Gasteiger partial charge in [0.25, 0.3) is 0 Å². The highest BCUT2D eigenvalue weighted by molar-refractivity contribution is 7.87. The molecule has 0 spiro atoms. The summed E-state index contributed by atoms with van der Waals surface area (Å²) in [4.78, 5) is 3.96. The highest BCUT2D eigenvalue weighted by atomic mass is 32.2. The Balaban J connectivity index is 2.62. The van der Waals surface area contributed by atoms with Gasteiger partial charge in [-0.2, -0.15) is 21.6 Å². The molecule has 0 bridgehead atoms. The van der Waals surface area contributed by atoms with Crippen LogP contribution in [0.4, 0.5) is 13.2 Å². The first-order chi connectivity index (χ1) is 10.8. The number of aromatic nitrogens is 1. The number of hydrogen-bond donors (Lipinski definition) is 0. The third kappa shape index (κ3) is 6.89. The largest absolute Gasteiger partial charge is 0.534 e. The summed E-state index contributed by atoms with van der Waals surface area (Å²) < 4.78 is 67.3. The Morgan fingerprint density at radius 2 is 2.09 bits per heavy atom. The second-order valence-electron chi connectivity index (χ2n) is 4.71. The van der Waals surface area contributed by atoms with Crippen LogP contribution in [0.1, 0.15) is 26.2 Å². The molecule has 1 rings (SSSR count). The highest BCUT2D eigenvalue weighted by Gasteiger charge is 2.47. The molecule has 0 N–H and O–H groups in total. The number of ether oxygens (including phenoxy) is 1. The van der Waals surface area contributed by atoms with E-state index in [2.05, 4.69) is 9.17 Å². The summed E-state index contributed by atoms with van der Waals surface area (Å²) in [5, 5.41) is 0. The normalized spacial score (nSPS) is 13.9. The van der Waals surface area contributed by atoms with Gasteiger partial charge in [0.15, 0.2) is 0 Å². The molecule has 0 aliphatic rings. The maximum atomic E-state index is 12.2. The molecular weight excluding hydrogens is 335 g/mol. The summed E-state index contributed by atoms with van der Waals surface area (Å²) in [6.45, 7) is 2.12. The Hall–Kier alpha value is -1.77. The number of unbranched alkanes of at least 4 members (excludes halogenated alkanes) is 1. The Morgan fingerprint density at radius 3 is 2.65 bits per heavy atom. The molecule has 1 unspecified atom stereocenters. The predicted molar refractivity (Wildman–Crippen MR) is 77.9 cm³/mol. The standard InChI is InChI=1S/C14H18F3NO4S/c1-2-3-6-12(11-21-13-7-4-5-9-18-13)8-10-22-23(19,20)14(15,16)17/h4-5,7-10,12H,2-3,6,11H2,1H3. The van der Waals surface area contributed by atoms with Crippen molar-refractivity contribution in [1.29, 1.82) is 0 Å². The van der Waals surface area contributed by atoms with Crippen molar-refractivity contribution < 1.29 is 30.5 Å². The second-order valence-corrected chi connectivity index (χ2v) is 6.27. The zero-order chi connectivity index (χ0) is 17.3. The van der Waals surface area contributed by atoms with Gasteiger partial charge in [-0.1, -0.05) is 25.8 Å². The minimum atomic E-state index is -5.62. The van der Waals surface area contributed by atoms with Crippen molar-refractivity contribution in [2.24, 2.45) is 5.92 Å². The van der Waals surface area contributed by atoms with Crippen LogP contribution in [0.15, 0.2) is 36.7 Å². The summed E-state index contributed by atoms with van der Waals surface area (Å²) in [6, 6.07) is 5.10. The molecule has 0 amide bonds. The van der Waals surface area contributed by atoms with Gasteiger partial charge in [0.2, 0.25) is 5.88 Å². The fourth-order valence-electron chi connectivity index (χ4n) is 1.60. The van der Waals surface area contributed by atoms with Gasteiger partial charge in [-0.15, -0.1) is 0 Å². The van der Waals surface area contributed by atoms with Crippen molar-refractivity contribution >= 4 is 10.1 Å². The average Bonchev–Trinajstić information content (AvgIpc) is 2.49. The molecule has 0 radical (unpaired) electrons. The van der Waals surface area contributed by atoms with Crippen LogP contribution in [0.2, 0.25) is 0 Å².